The SMILES string of the molecule is CC(=O)N1CC(Nc2ccc(-c3n[nH]c(C4CC4)n3)cc2)=CC1=O. The predicted molar refractivity (Wildman–Crippen MR) is 87.9 cm³/mol. The fourth-order valence-electron chi connectivity index (χ4n) is 2.69. The molecule has 0 radical (unpaired) electrons. The molecule has 1 saturated carbocycles. The molecule has 1 fully saturated rings. The van der Waals surface area contributed by atoms with Crippen molar-refractivity contribution < 1.29 is 9.59 Å². The van der Waals surface area contributed by atoms with Gasteiger partial charge in [-0.1, -0.05) is 0 Å². The van der Waals surface area contributed by atoms with Crippen LogP contribution in [-0.4, -0.2) is 38.4 Å². The second-order valence-electron chi connectivity index (χ2n) is 6.13. The van der Waals surface area contributed by atoms with Gasteiger partial charge in [-0.25, -0.2) is 4.98 Å². The molecule has 2 amide bonds. The van der Waals surface area contributed by atoms with Gasteiger partial charge in [0, 0.05) is 35.9 Å². The number of benzene rings is 1. The number of hydrogen-bond donors (Lipinski definition) is 2. The first-order valence-electron chi connectivity index (χ1n) is 7.92. The lowest BCUT2D eigenvalue weighted by molar-refractivity contribution is -0.138. The third-order valence-electron chi connectivity index (χ3n) is 4.19. The largest absolute Gasteiger partial charge is 0.357 e. The van der Waals surface area contributed by atoms with Crippen LogP contribution in [0.2, 0.25) is 0 Å². The Balaban J connectivity index is 1.45. The Labute approximate surface area is 138 Å². The normalized spacial score (nSPS) is 17.1. The number of H-pyrrole nitrogens is 1. The van der Waals surface area contributed by atoms with Gasteiger partial charge in [-0.15, -0.1) is 0 Å². The number of anilines is 1. The van der Waals surface area contributed by atoms with E-state index in [4.69, 9.17) is 0 Å². The van der Waals surface area contributed by atoms with Crippen LogP contribution < -0.4 is 5.32 Å². The summed E-state index contributed by atoms with van der Waals surface area (Å²) >= 11 is 0. The molecule has 0 saturated heterocycles. The van der Waals surface area contributed by atoms with Crippen LogP contribution in [0.25, 0.3) is 11.4 Å². The zero-order valence-electron chi connectivity index (χ0n) is 13.2. The average Bonchev–Trinajstić information content (AvgIpc) is 3.17. The molecule has 24 heavy (non-hydrogen) atoms. The van der Waals surface area contributed by atoms with Crippen LogP contribution >= 0.6 is 0 Å². The van der Waals surface area contributed by atoms with Gasteiger partial charge in [0.2, 0.25) is 5.91 Å². The van der Waals surface area contributed by atoms with E-state index in [9.17, 15) is 9.59 Å². The number of nitrogens with one attached hydrogen (secondary N) is 2. The van der Waals surface area contributed by atoms with E-state index < -0.39 is 0 Å². The zero-order valence-corrected chi connectivity index (χ0v) is 13.2. The van der Waals surface area contributed by atoms with E-state index in [1.807, 2.05) is 24.3 Å². The third kappa shape index (κ3) is 2.80. The third-order valence-corrected chi connectivity index (χ3v) is 4.19. The number of nitrogens with zero attached hydrogens (tertiary/aromatic N) is 3. The van der Waals surface area contributed by atoms with Crippen molar-refractivity contribution in [3.05, 3.63) is 41.9 Å². The van der Waals surface area contributed by atoms with Gasteiger partial charge in [0.05, 0.1) is 6.54 Å². The Hall–Kier alpha value is -2.96. The van der Waals surface area contributed by atoms with Crippen LogP contribution in [0.3, 0.4) is 0 Å². The molecule has 1 aliphatic heterocycles. The standard InChI is InChI=1S/C17H17N5O2/c1-10(23)22-9-14(8-15(22)24)18-13-6-4-12(5-7-13)17-19-16(20-21-17)11-2-3-11/h4-8,11,18H,2-3,9H2,1H3,(H,19,20,21). The maximum absolute atomic E-state index is 11.7. The van der Waals surface area contributed by atoms with Crippen molar-refractivity contribution >= 4 is 17.5 Å². The highest BCUT2D eigenvalue weighted by atomic mass is 16.2. The Kier molecular flexibility index (Phi) is 3.41. The van der Waals surface area contributed by atoms with E-state index in [2.05, 4.69) is 20.5 Å². The number of carbonyl (C=O) groups is 2. The summed E-state index contributed by atoms with van der Waals surface area (Å²) in [5, 5.41) is 10.4. The molecule has 4 rings (SSSR count). The molecule has 7 heteroatoms. The van der Waals surface area contributed by atoms with Gasteiger partial charge in [-0.05, 0) is 37.1 Å². The highest BCUT2D eigenvalue weighted by Crippen LogP contribution is 2.38. The van der Waals surface area contributed by atoms with Crippen LogP contribution in [0, 0.1) is 0 Å². The van der Waals surface area contributed by atoms with E-state index in [1.54, 1.807) is 0 Å². The minimum atomic E-state index is -0.282. The lowest BCUT2D eigenvalue weighted by atomic mass is 10.2. The molecule has 122 valence electrons. The van der Waals surface area contributed by atoms with Crippen LogP contribution in [-0.2, 0) is 9.59 Å². The summed E-state index contributed by atoms with van der Waals surface area (Å²) in [5.74, 6) is 1.67. The summed E-state index contributed by atoms with van der Waals surface area (Å²) in [6.07, 6.45) is 3.82. The van der Waals surface area contributed by atoms with Crippen LogP contribution in [0.1, 0.15) is 31.5 Å². The molecule has 2 aliphatic rings. The molecule has 2 N–H and O–H groups in total. The van der Waals surface area contributed by atoms with Gasteiger partial charge in [0.25, 0.3) is 5.91 Å². The number of carbonyl (C=O) groups excluding carboxylic acids is 2. The summed E-state index contributed by atoms with van der Waals surface area (Å²) in [7, 11) is 0. The van der Waals surface area contributed by atoms with Gasteiger partial charge in [0.1, 0.15) is 5.82 Å². The summed E-state index contributed by atoms with van der Waals surface area (Å²) in [6, 6.07) is 7.68. The van der Waals surface area contributed by atoms with Crippen molar-refractivity contribution in [1.29, 1.82) is 0 Å². The predicted octanol–water partition coefficient (Wildman–Crippen LogP) is 2.03. The van der Waals surface area contributed by atoms with Crippen LogP contribution in [0.15, 0.2) is 36.0 Å². The molecule has 2 heterocycles. The second-order valence-corrected chi connectivity index (χ2v) is 6.13. The Morgan fingerprint density at radius 2 is 2.04 bits per heavy atom. The van der Waals surface area contributed by atoms with Gasteiger partial charge >= 0.3 is 0 Å². The van der Waals surface area contributed by atoms with Gasteiger partial charge in [0.15, 0.2) is 5.82 Å². The van der Waals surface area contributed by atoms with Crippen LogP contribution in [0.4, 0.5) is 5.69 Å². The van der Waals surface area contributed by atoms with Crippen molar-refractivity contribution in [2.75, 3.05) is 11.9 Å². The lowest BCUT2D eigenvalue weighted by Gasteiger charge is -2.12. The summed E-state index contributed by atoms with van der Waals surface area (Å²) < 4.78 is 0. The number of rotatable bonds is 4. The fourth-order valence-corrected chi connectivity index (χ4v) is 2.69. The van der Waals surface area contributed by atoms with E-state index in [0.29, 0.717) is 17.4 Å². The quantitative estimate of drug-likeness (QED) is 0.898. The van der Waals surface area contributed by atoms with Gasteiger partial charge < -0.3 is 5.32 Å². The van der Waals surface area contributed by atoms with Gasteiger partial charge in [-0.3, -0.25) is 19.6 Å². The maximum Gasteiger partial charge on any atom is 0.255 e. The topological polar surface area (TPSA) is 91.0 Å². The first-order valence-corrected chi connectivity index (χ1v) is 7.92. The lowest BCUT2D eigenvalue weighted by Crippen LogP contribution is -2.31. The smallest absolute Gasteiger partial charge is 0.255 e. The zero-order chi connectivity index (χ0) is 16.7. The summed E-state index contributed by atoms with van der Waals surface area (Å²) in [4.78, 5) is 28.7. The minimum absolute atomic E-state index is 0.250. The number of amides is 2. The van der Waals surface area contributed by atoms with Gasteiger partial charge in [-0.2, -0.15) is 5.10 Å². The van der Waals surface area contributed by atoms with E-state index in [0.717, 1.165) is 17.1 Å². The average molecular weight is 323 g/mol. The Morgan fingerprint density at radius 1 is 1.29 bits per heavy atom. The van der Waals surface area contributed by atoms with Crippen molar-refractivity contribution in [3.63, 3.8) is 0 Å². The second kappa shape index (κ2) is 5.59. The molecule has 7 nitrogen and oxygen atoms in total. The van der Waals surface area contributed by atoms with Crippen molar-refractivity contribution in [2.24, 2.45) is 0 Å². The Bertz CT molecular complexity index is 833. The van der Waals surface area contributed by atoms with Crippen molar-refractivity contribution in [2.45, 2.75) is 25.7 Å². The molecule has 0 atom stereocenters. The molecule has 2 aromatic rings. The highest BCUT2D eigenvalue weighted by molar-refractivity contribution is 6.03. The fraction of sp³-hybridized carbons (Fsp3) is 0.294. The number of aromatic amines is 1. The van der Waals surface area contributed by atoms with E-state index >= 15 is 0 Å². The highest BCUT2D eigenvalue weighted by Gasteiger charge is 2.27. The van der Waals surface area contributed by atoms with E-state index in [1.165, 1.54) is 30.7 Å². The van der Waals surface area contributed by atoms with Crippen LogP contribution in [0.5, 0.6) is 0 Å². The van der Waals surface area contributed by atoms with E-state index in [-0.39, 0.29) is 18.4 Å². The molecule has 0 unspecified atom stereocenters. The summed E-state index contributed by atoms with van der Waals surface area (Å²) in [5.41, 5.74) is 2.49. The molecule has 0 bridgehead atoms. The number of imide groups is 1. The molecule has 1 aromatic heterocycles. The first-order chi connectivity index (χ1) is 11.6. The molecular weight excluding hydrogens is 306 g/mol. The molecule has 1 aliphatic carbocycles. The monoisotopic (exact) mass is 323 g/mol. The van der Waals surface area contributed by atoms with Crippen molar-refractivity contribution in [3.8, 4) is 11.4 Å². The molecule has 1 aromatic carbocycles. The minimum Gasteiger partial charge on any atom is -0.357 e. The maximum atomic E-state index is 11.7. The summed E-state index contributed by atoms with van der Waals surface area (Å²) in [6.45, 7) is 1.66. The molecular formula is C17H17N5O2. The number of aromatic nitrogens is 3. The Morgan fingerprint density at radius 3 is 2.67 bits per heavy atom. The van der Waals surface area contributed by atoms with Crippen molar-refractivity contribution in [1.82, 2.24) is 20.1 Å². The number of hydrogen-bond acceptors (Lipinski definition) is 5. The first kappa shape index (κ1) is 14.6. The molecule has 0 spiro atoms.